The molecule has 4 heteroatoms. The van der Waals surface area contributed by atoms with Crippen molar-refractivity contribution in [3.05, 3.63) is 24.0 Å². The van der Waals surface area contributed by atoms with Gasteiger partial charge in [0.25, 0.3) is 0 Å². The average Bonchev–Trinajstić information content (AvgIpc) is 2.26. The first-order valence-electron chi connectivity index (χ1n) is 5.82. The quantitative estimate of drug-likeness (QED) is 0.790. The SMILES string of the molecule is CC(C)C(C)(C)CNc1cnccc1C(N)=S. The summed E-state index contributed by atoms with van der Waals surface area (Å²) in [7, 11) is 0. The molecule has 0 aliphatic heterocycles. The van der Waals surface area contributed by atoms with E-state index in [0.29, 0.717) is 10.9 Å². The molecule has 0 fully saturated rings. The molecule has 0 amide bonds. The minimum atomic E-state index is 0.212. The van der Waals surface area contributed by atoms with E-state index >= 15 is 0 Å². The highest BCUT2D eigenvalue weighted by Gasteiger charge is 2.22. The molecule has 94 valence electrons. The Bertz CT molecular complexity index is 399. The Kier molecular flexibility index (Phi) is 4.46. The van der Waals surface area contributed by atoms with Crippen LogP contribution >= 0.6 is 12.2 Å². The zero-order valence-electron chi connectivity index (χ0n) is 10.9. The standard InChI is InChI=1S/C13H21N3S/c1-9(2)13(3,4)8-16-11-7-15-6-5-10(11)12(14)17/h5-7,9,16H,8H2,1-4H3,(H2,14,17). The zero-order valence-corrected chi connectivity index (χ0v) is 11.8. The van der Waals surface area contributed by atoms with Crippen LogP contribution in [0.1, 0.15) is 33.3 Å². The summed E-state index contributed by atoms with van der Waals surface area (Å²) < 4.78 is 0. The van der Waals surface area contributed by atoms with E-state index in [4.69, 9.17) is 18.0 Å². The summed E-state index contributed by atoms with van der Waals surface area (Å²) in [5, 5.41) is 3.39. The molecular formula is C13H21N3S. The molecule has 17 heavy (non-hydrogen) atoms. The predicted molar refractivity (Wildman–Crippen MR) is 77.2 cm³/mol. The van der Waals surface area contributed by atoms with Crippen molar-refractivity contribution < 1.29 is 0 Å². The van der Waals surface area contributed by atoms with Crippen LogP contribution in [0.2, 0.25) is 0 Å². The van der Waals surface area contributed by atoms with Crippen molar-refractivity contribution >= 4 is 22.9 Å². The molecule has 0 spiro atoms. The van der Waals surface area contributed by atoms with Crippen LogP contribution in [0.4, 0.5) is 5.69 Å². The lowest BCUT2D eigenvalue weighted by molar-refractivity contribution is 0.269. The fraction of sp³-hybridized carbons (Fsp3) is 0.538. The van der Waals surface area contributed by atoms with Gasteiger partial charge in [0, 0.05) is 18.3 Å². The molecule has 0 radical (unpaired) electrons. The predicted octanol–water partition coefficient (Wildman–Crippen LogP) is 2.81. The number of pyridine rings is 1. The Balaban J connectivity index is 2.79. The van der Waals surface area contributed by atoms with Gasteiger partial charge in [-0.3, -0.25) is 4.98 Å². The number of thiocarbonyl (C=S) groups is 1. The van der Waals surface area contributed by atoms with Gasteiger partial charge in [0.1, 0.15) is 4.99 Å². The summed E-state index contributed by atoms with van der Waals surface area (Å²) in [6.45, 7) is 9.79. The molecule has 0 saturated heterocycles. The van der Waals surface area contributed by atoms with Gasteiger partial charge in [0.15, 0.2) is 0 Å². The number of nitrogens with two attached hydrogens (primary N) is 1. The fourth-order valence-corrected chi connectivity index (χ4v) is 1.46. The lowest BCUT2D eigenvalue weighted by Gasteiger charge is -2.30. The average molecular weight is 251 g/mol. The Morgan fingerprint density at radius 1 is 1.53 bits per heavy atom. The van der Waals surface area contributed by atoms with Crippen molar-refractivity contribution in [3.63, 3.8) is 0 Å². The van der Waals surface area contributed by atoms with E-state index in [0.717, 1.165) is 17.8 Å². The smallest absolute Gasteiger partial charge is 0.106 e. The third-order valence-electron chi connectivity index (χ3n) is 3.38. The summed E-state index contributed by atoms with van der Waals surface area (Å²) in [6.07, 6.45) is 3.47. The third kappa shape index (κ3) is 3.66. The number of anilines is 1. The monoisotopic (exact) mass is 251 g/mol. The van der Waals surface area contributed by atoms with E-state index in [-0.39, 0.29) is 5.41 Å². The molecule has 0 aliphatic rings. The second-order valence-corrected chi connectivity index (χ2v) is 5.72. The number of nitrogens with one attached hydrogen (secondary N) is 1. The molecule has 0 saturated carbocycles. The first-order valence-corrected chi connectivity index (χ1v) is 6.23. The van der Waals surface area contributed by atoms with E-state index in [1.807, 2.05) is 6.07 Å². The number of rotatable bonds is 5. The molecule has 3 N–H and O–H groups in total. The van der Waals surface area contributed by atoms with E-state index in [1.54, 1.807) is 12.4 Å². The van der Waals surface area contributed by atoms with Crippen molar-refractivity contribution in [3.8, 4) is 0 Å². The highest BCUT2D eigenvalue weighted by molar-refractivity contribution is 7.80. The van der Waals surface area contributed by atoms with Crippen molar-refractivity contribution in [1.82, 2.24) is 4.98 Å². The van der Waals surface area contributed by atoms with Crippen molar-refractivity contribution in [1.29, 1.82) is 0 Å². The molecule has 1 rings (SSSR count). The highest BCUT2D eigenvalue weighted by atomic mass is 32.1. The molecule has 0 aromatic carbocycles. The Morgan fingerprint density at radius 3 is 2.71 bits per heavy atom. The zero-order chi connectivity index (χ0) is 13.1. The highest BCUT2D eigenvalue weighted by Crippen LogP contribution is 2.26. The van der Waals surface area contributed by atoms with Crippen LogP contribution in [0.3, 0.4) is 0 Å². The van der Waals surface area contributed by atoms with Gasteiger partial charge in [0.05, 0.1) is 11.9 Å². The second-order valence-electron chi connectivity index (χ2n) is 5.28. The van der Waals surface area contributed by atoms with Gasteiger partial charge in [-0.15, -0.1) is 0 Å². The first-order chi connectivity index (χ1) is 7.84. The van der Waals surface area contributed by atoms with Crippen molar-refractivity contribution in [2.45, 2.75) is 27.7 Å². The minimum absolute atomic E-state index is 0.212. The van der Waals surface area contributed by atoms with Crippen molar-refractivity contribution in [2.24, 2.45) is 17.1 Å². The maximum absolute atomic E-state index is 5.68. The molecule has 0 unspecified atom stereocenters. The normalized spacial score (nSPS) is 11.6. The maximum atomic E-state index is 5.68. The van der Waals surface area contributed by atoms with E-state index in [1.165, 1.54) is 0 Å². The van der Waals surface area contributed by atoms with Crippen LogP contribution in [-0.2, 0) is 0 Å². The fourth-order valence-electron chi connectivity index (χ4n) is 1.28. The largest absolute Gasteiger partial charge is 0.389 e. The number of hydrogen-bond acceptors (Lipinski definition) is 3. The molecular weight excluding hydrogens is 230 g/mol. The van der Waals surface area contributed by atoms with Gasteiger partial charge < -0.3 is 11.1 Å². The first kappa shape index (κ1) is 13.9. The molecule has 0 atom stereocenters. The van der Waals surface area contributed by atoms with Crippen LogP contribution < -0.4 is 11.1 Å². The number of nitrogens with zero attached hydrogens (tertiary/aromatic N) is 1. The van der Waals surface area contributed by atoms with Gasteiger partial charge in [-0.25, -0.2) is 0 Å². The molecule has 1 aromatic heterocycles. The van der Waals surface area contributed by atoms with Crippen LogP contribution in [0.25, 0.3) is 0 Å². The maximum Gasteiger partial charge on any atom is 0.106 e. The Morgan fingerprint density at radius 2 is 2.18 bits per heavy atom. The molecule has 0 aliphatic carbocycles. The topological polar surface area (TPSA) is 50.9 Å². The molecule has 0 bridgehead atoms. The number of hydrogen-bond donors (Lipinski definition) is 2. The summed E-state index contributed by atoms with van der Waals surface area (Å²) in [4.78, 5) is 4.50. The lowest BCUT2D eigenvalue weighted by atomic mass is 9.81. The Labute approximate surface area is 109 Å². The van der Waals surface area contributed by atoms with Gasteiger partial charge in [-0.2, -0.15) is 0 Å². The van der Waals surface area contributed by atoms with Gasteiger partial charge in [-0.1, -0.05) is 39.9 Å². The van der Waals surface area contributed by atoms with Gasteiger partial charge >= 0.3 is 0 Å². The molecule has 1 heterocycles. The number of aromatic nitrogens is 1. The summed E-state index contributed by atoms with van der Waals surface area (Å²) >= 11 is 5.02. The van der Waals surface area contributed by atoms with Crippen LogP contribution in [0.15, 0.2) is 18.5 Å². The van der Waals surface area contributed by atoms with Gasteiger partial charge in [-0.05, 0) is 17.4 Å². The van der Waals surface area contributed by atoms with Crippen LogP contribution in [0.5, 0.6) is 0 Å². The van der Waals surface area contributed by atoms with E-state index in [2.05, 4.69) is 38.0 Å². The lowest BCUT2D eigenvalue weighted by Crippen LogP contribution is -2.29. The second kappa shape index (κ2) is 5.45. The van der Waals surface area contributed by atoms with E-state index < -0.39 is 0 Å². The van der Waals surface area contributed by atoms with Crippen molar-refractivity contribution in [2.75, 3.05) is 11.9 Å². The summed E-state index contributed by atoms with van der Waals surface area (Å²) in [5.74, 6) is 0.597. The summed E-state index contributed by atoms with van der Waals surface area (Å²) in [5.41, 5.74) is 7.66. The summed E-state index contributed by atoms with van der Waals surface area (Å²) in [6, 6.07) is 1.84. The van der Waals surface area contributed by atoms with E-state index in [9.17, 15) is 0 Å². The molecule has 3 nitrogen and oxygen atoms in total. The van der Waals surface area contributed by atoms with Crippen LogP contribution in [0, 0.1) is 11.3 Å². The third-order valence-corrected chi connectivity index (χ3v) is 3.60. The van der Waals surface area contributed by atoms with Gasteiger partial charge in [0.2, 0.25) is 0 Å². The minimum Gasteiger partial charge on any atom is -0.389 e. The van der Waals surface area contributed by atoms with Crippen LogP contribution in [-0.4, -0.2) is 16.5 Å². The Hall–Kier alpha value is -1.16. The molecule has 1 aromatic rings.